The Kier molecular flexibility index (Phi) is 11.5. The highest BCUT2D eigenvalue weighted by atomic mass is 16.6. The number of cyclic esters (lactones) is 1. The first-order valence-electron chi connectivity index (χ1n) is 13.9. The van der Waals surface area contributed by atoms with Crippen molar-refractivity contribution in [1.29, 1.82) is 0 Å². The maximum Gasteiger partial charge on any atom is 0.341 e. The third-order valence-corrected chi connectivity index (χ3v) is 7.07. The van der Waals surface area contributed by atoms with Gasteiger partial charge < -0.3 is 14.2 Å². The zero-order valence-corrected chi connectivity index (χ0v) is 23.7. The van der Waals surface area contributed by atoms with Crippen LogP contribution < -0.4 is 9.47 Å². The van der Waals surface area contributed by atoms with E-state index in [1.807, 2.05) is 55.5 Å². The van der Waals surface area contributed by atoms with E-state index in [1.54, 1.807) is 38.5 Å². The number of ketones is 1. The van der Waals surface area contributed by atoms with Crippen LogP contribution in [-0.2, 0) is 20.7 Å². The molecule has 2 aromatic carbocycles. The SMILES string of the molecule is C/C=C/C(=O)C/C=C/[C@@H](CCCCCCC)[C@@]1(Cc2ccccc2)N=C(c2c(OC)cccc2OC)OC1=O. The quantitative estimate of drug-likeness (QED) is 0.100. The Hall–Kier alpha value is -3.67. The van der Waals surface area contributed by atoms with Crippen LogP contribution in [0.25, 0.3) is 0 Å². The second-order valence-electron chi connectivity index (χ2n) is 9.84. The summed E-state index contributed by atoms with van der Waals surface area (Å²) >= 11 is 0. The first-order valence-corrected chi connectivity index (χ1v) is 13.9. The van der Waals surface area contributed by atoms with Gasteiger partial charge in [0.1, 0.15) is 17.1 Å². The number of benzene rings is 2. The van der Waals surface area contributed by atoms with Gasteiger partial charge in [0, 0.05) is 18.8 Å². The molecule has 1 aliphatic heterocycles. The van der Waals surface area contributed by atoms with Crippen LogP contribution in [-0.4, -0.2) is 37.4 Å². The Balaban J connectivity index is 2.09. The topological polar surface area (TPSA) is 74.2 Å². The number of hydrogen-bond donors (Lipinski definition) is 0. The van der Waals surface area contributed by atoms with Crippen LogP contribution in [0.2, 0.25) is 0 Å². The summed E-state index contributed by atoms with van der Waals surface area (Å²) in [4.78, 5) is 31.2. The smallest absolute Gasteiger partial charge is 0.341 e. The van der Waals surface area contributed by atoms with E-state index in [4.69, 9.17) is 19.2 Å². The minimum absolute atomic E-state index is 0.0181. The van der Waals surface area contributed by atoms with E-state index >= 15 is 0 Å². The number of ether oxygens (including phenoxy) is 3. The van der Waals surface area contributed by atoms with E-state index in [0.29, 0.717) is 23.5 Å². The molecule has 0 spiro atoms. The van der Waals surface area contributed by atoms with Gasteiger partial charge in [0.15, 0.2) is 11.3 Å². The van der Waals surface area contributed by atoms with Gasteiger partial charge in [-0.05, 0) is 37.1 Å². The van der Waals surface area contributed by atoms with Crippen LogP contribution in [0.4, 0.5) is 0 Å². The summed E-state index contributed by atoms with van der Waals surface area (Å²) in [5.41, 5.74) is 0.313. The van der Waals surface area contributed by atoms with Gasteiger partial charge in [-0.1, -0.05) is 93.7 Å². The van der Waals surface area contributed by atoms with Crippen molar-refractivity contribution in [3.63, 3.8) is 0 Å². The Morgan fingerprint density at radius 1 is 1.00 bits per heavy atom. The molecular formula is C33H41NO5. The van der Waals surface area contributed by atoms with Gasteiger partial charge in [-0.15, -0.1) is 0 Å². The maximum absolute atomic E-state index is 13.9. The lowest BCUT2D eigenvalue weighted by atomic mass is 9.76. The maximum atomic E-state index is 13.9. The number of esters is 1. The van der Waals surface area contributed by atoms with Crippen LogP contribution in [0, 0.1) is 5.92 Å². The number of nitrogens with zero attached hydrogens (tertiary/aromatic N) is 1. The molecule has 0 aromatic heterocycles. The largest absolute Gasteiger partial charge is 0.496 e. The fraction of sp³-hybridized carbons (Fsp3) is 0.424. The second kappa shape index (κ2) is 15.1. The number of aliphatic imine (C=N–C) groups is 1. The predicted octanol–water partition coefficient (Wildman–Crippen LogP) is 7.06. The zero-order chi connectivity index (χ0) is 28.1. The third-order valence-electron chi connectivity index (χ3n) is 7.07. The summed E-state index contributed by atoms with van der Waals surface area (Å²) in [7, 11) is 3.13. The lowest BCUT2D eigenvalue weighted by Crippen LogP contribution is -2.43. The van der Waals surface area contributed by atoms with Crippen LogP contribution >= 0.6 is 0 Å². The van der Waals surface area contributed by atoms with Crippen molar-refractivity contribution in [2.24, 2.45) is 10.9 Å². The van der Waals surface area contributed by atoms with Crippen molar-refractivity contribution >= 4 is 17.7 Å². The number of allylic oxidation sites excluding steroid dienone is 3. The standard InChI is InChI=1S/C33H41NO5/c1-5-7-8-9-13-19-26(20-14-21-27(35)16-6-2)33(24-25-17-11-10-12-18-25)32(36)39-31(34-33)30-28(37-3)22-15-23-29(30)38-4/h6,10-12,14-18,20,22-23,26H,5,7-9,13,19,21,24H2,1-4H3/b16-6+,20-14+/t26-,33-/m1/s1. The Labute approximate surface area is 232 Å². The molecule has 208 valence electrons. The highest BCUT2D eigenvalue weighted by Crippen LogP contribution is 2.41. The summed E-state index contributed by atoms with van der Waals surface area (Å²) in [6, 6.07) is 15.3. The van der Waals surface area contributed by atoms with E-state index in [1.165, 1.54) is 6.42 Å². The van der Waals surface area contributed by atoms with Gasteiger partial charge in [0.25, 0.3) is 0 Å². The first kappa shape index (κ1) is 29.9. The molecule has 6 nitrogen and oxygen atoms in total. The number of carbonyl (C=O) groups excluding carboxylic acids is 2. The molecule has 2 aromatic rings. The molecule has 0 saturated carbocycles. The molecule has 0 radical (unpaired) electrons. The van der Waals surface area contributed by atoms with Crippen LogP contribution in [0.3, 0.4) is 0 Å². The summed E-state index contributed by atoms with van der Waals surface area (Å²) in [5, 5.41) is 0. The summed E-state index contributed by atoms with van der Waals surface area (Å²) in [6.07, 6.45) is 14.1. The van der Waals surface area contributed by atoms with Gasteiger partial charge >= 0.3 is 5.97 Å². The second-order valence-corrected chi connectivity index (χ2v) is 9.84. The Bertz CT molecular complexity index is 1160. The third kappa shape index (κ3) is 7.69. The number of unbranched alkanes of at least 4 members (excludes halogenated alkanes) is 4. The average Bonchev–Trinajstić information content (AvgIpc) is 3.27. The minimum atomic E-state index is -1.19. The van der Waals surface area contributed by atoms with Crippen molar-refractivity contribution < 1.29 is 23.8 Å². The Morgan fingerprint density at radius 3 is 2.33 bits per heavy atom. The number of rotatable bonds is 16. The van der Waals surface area contributed by atoms with E-state index < -0.39 is 11.5 Å². The molecule has 6 heteroatoms. The van der Waals surface area contributed by atoms with E-state index in [0.717, 1.165) is 37.7 Å². The molecule has 3 rings (SSSR count). The van der Waals surface area contributed by atoms with Gasteiger partial charge in [0.05, 0.1) is 14.2 Å². The highest BCUT2D eigenvalue weighted by molar-refractivity contribution is 6.11. The molecule has 0 unspecified atom stereocenters. The molecule has 0 saturated heterocycles. The number of hydrogen-bond acceptors (Lipinski definition) is 6. The molecule has 1 aliphatic rings. The predicted molar refractivity (Wildman–Crippen MR) is 155 cm³/mol. The van der Waals surface area contributed by atoms with Crippen molar-refractivity contribution in [3.8, 4) is 11.5 Å². The molecule has 39 heavy (non-hydrogen) atoms. The monoisotopic (exact) mass is 531 g/mol. The average molecular weight is 532 g/mol. The molecular weight excluding hydrogens is 490 g/mol. The van der Waals surface area contributed by atoms with Crippen LogP contribution in [0.15, 0.2) is 77.8 Å². The van der Waals surface area contributed by atoms with Gasteiger partial charge in [-0.3, -0.25) is 4.79 Å². The Morgan fingerprint density at radius 2 is 1.69 bits per heavy atom. The number of methoxy groups -OCH3 is 2. The molecule has 0 amide bonds. The highest BCUT2D eigenvalue weighted by Gasteiger charge is 2.51. The number of carbonyl (C=O) groups is 2. The van der Waals surface area contributed by atoms with Gasteiger partial charge in [0.2, 0.25) is 5.90 Å². The van der Waals surface area contributed by atoms with Crippen molar-refractivity contribution in [2.45, 2.75) is 70.8 Å². The van der Waals surface area contributed by atoms with Crippen molar-refractivity contribution in [1.82, 2.24) is 0 Å². The molecule has 2 atom stereocenters. The van der Waals surface area contributed by atoms with Crippen molar-refractivity contribution in [3.05, 3.63) is 84.0 Å². The lowest BCUT2D eigenvalue weighted by Gasteiger charge is -2.30. The van der Waals surface area contributed by atoms with Gasteiger partial charge in [-0.2, -0.15) is 0 Å². The minimum Gasteiger partial charge on any atom is -0.496 e. The van der Waals surface area contributed by atoms with Crippen molar-refractivity contribution in [2.75, 3.05) is 14.2 Å². The molecule has 0 aliphatic carbocycles. The van der Waals surface area contributed by atoms with E-state index in [9.17, 15) is 9.59 Å². The fourth-order valence-corrected chi connectivity index (χ4v) is 5.04. The van der Waals surface area contributed by atoms with Crippen LogP contribution in [0.1, 0.15) is 69.9 Å². The molecule has 0 fully saturated rings. The molecule has 1 heterocycles. The molecule has 0 bridgehead atoms. The van der Waals surface area contributed by atoms with Gasteiger partial charge in [-0.25, -0.2) is 9.79 Å². The normalized spacial score (nSPS) is 17.8. The first-order chi connectivity index (χ1) is 19.0. The lowest BCUT2D eigenvalue weighted by molar-refractivity contribution is -0.140. The van der Waals surface area contributed by atoms with E-state index in [-0.39, 0.29) is 24.0 Å². The summed E-state index contributed by atoms with van der Waals surface area (Å²) in [5.74, 6) is 0.574. The molecule has 0 N–H and O–H groups in total. The van der Waals surface area contributed by atoms with Crippen LogP contribution in [0.5, 0.6) is 11.5 Å². The fourth-order valence-electron chi connectivity index (χ4n) is 5.04. The summed E-state index contributed by atoms with van der Waals surface area (Å²) in [6.45, 7) is 4.02. The van der Waals surface area contributed by atoms with E-state index in [2.05, 4.69) is 6.92 Å². The summed E-state index contributed by atoms with van der Waals surface area (Å²) < 4.78 is 17.1. The zero-order valence-electron chi connectivity index (χ0n) is 23.7.